The molecule has 3 rings (SSSR count). The number of hydrogen-bond donors (Lipinski definition) is 1. The van der Waals surface area contributed by atoms with Crippen LogP contribution in [-0.2, 0) is 13.1 Å². The maximum absolute atomic E-state index is 13.5. The summed E-state index contributed by atoms with van der Waals surface area (Å²) in [6.45, 7) is 4.64. The van der Waals surface area contributed by atoms with Crippen molar-refractivity contribution in [3.05, 3.63) is 47.8 Å². The Labute approximate surface area is 118 Å². The van der Waals surface area contributed by atoms with Gasteiger partial charge in [-0.25, -0.2) is 9.37 Å². The van der Waals surface area contributed by atoms with E-state index in [1.807, 2.05) is 32.4 Å². The van der Waals surface area contributed by atoms with Gasteiger partial charge in [0.2, 0.25) is 0 Å². The zero-order valence-electron chi connectivity index (χ0n) is 11.8. The minimum absolute atomic E-state index is 0.113. The molecule has 1 aliphatic rings. The molecule has 0 saturated carbocycles. The quantitative estimate of drug-likeness (QED) is 0.932. The highest BCUT2D eigenvalue weighted by Gasteiger charge is 2.21. The van der Waals surface area contributed by atoms with Crippen LogP contribution in [0, 0.1) is 5.82 Å². The van der Waals surface area contributed by atoms with Gasteiger partial charge in [0.05, 0.1) is 6.54 Å². The number of aromatic nitrogens is 2. The van der Waals surface area contributed by atoms with E-state index >= 15 is 0 Å². The molecule has 2 heterocycles. The van der Waals surface area contributed by atoms with Crippen molar-refractivity contribution in [3.8, 4) is 0 Å². The van der Waals surface area contributed by atoms with Crippen LogP contribution < -0.4 is 10.2 Å². The van der Waals surface area contributed by atoms with Crippen molar-refractivity contribution < 1.29 is 4.39 Å². The first-order valence-electron chi connectivity index (χ1n) is 6.90. The Kier molecular flexibility index (Phi) is 3.44. The fraction of sp³-hybridized carbons (Fsp3) is 0.400. The van der Waals surface area contributed by atoms with E-state index in [2.05, 4.69) is 19.8 Å². The number of nitrogens with zero attached hydrogens (tertiary/aromatic N) is 3. The van der Waals surface area contributed by atoms with Crippen LogP contribution in [0.2, 0.25) is 0 Å². The summed E-state index contributed by atoms with van der Waals surface area (Å²) < 4.78 is 15.7. The highest BCUT2D eigenvalue weighted by Crippen LogP contribution is 2.29. The number of hydrogen-bond acceptors (Lipinski definition) is 3. The molecule has 0 fully saturated rings. The lowest BCUT2D eigenvalue weighted by molar-refractivity contribution is 0.552. The van der Waals surface area contributed by atoms with E-state index in [-0.39, 0.29) is 11.9 Å². The maximum Gasteiger partial charge on any atom is 0.128 e. The van der Waals surface area contributed by atoms with Crippen molar-refractivity contribution in [1.82, 2.24) is 14.9 Å². The number of anilines is 1. The van der Waals surface area contributed by atoms with E-state index < -0.39 is 0 Å². The molecule has 4 nitrogen and oxygen atoms in total. The van der Waals surface area contributed by atoms with Gasteiger partial charge in [0.15, 0.2) is 0 Å². The van der Waals surface area contributed by atoms with Crippen molar-refractivity contribution >= 4 is 5.69 Å². The first-order valence-corrected chi connectivity index (χ1v) is 6.90. The Morgan fingerprint density at radius 3 is 3.00 bits per heavy atom. The zero-order chi connectivity index (χ0) is 14.1. The lowest BCUT2D eigenvalue weighted by Gasteiger charge is -2.32. The van der Waals surface area contributed by atoms with Gasteiger partial charge in [-0.1, -0.05) is 0 Å². The molecule has 0 bridgehead atoms. The molecule has 1 aliphatic heterocycles. The number of halogens is 1. The molecule has 0 spiro atoms. The van der Waals surface area contributed by atoms with E-state index in [0.29, 0.717) is 0 Å². The summed E-state index contributed by atoms with van der Waals surface area (Å²) in [6, 6.07) is 5.14. The normalized spacial score (nSPS) is 16.1. The summed E-state index contributed by atoms with van der Waals surface area (Å²) >= 11 is 0. The Bertz CT molecular complexity index is 608. The maximum atomic E-state index is 13.5. The van der Waals surface area contributed by atoms with E-state index in [1.54, 1.807) is 6.07 Å². The van der Waals surface area contributed by atoms with Crippen LogP contribution in [0.15, 0.2) is 30.6 Å². The summed E-state index contributed by atoms with van der Waals surface area (Å²) in [5, 5.41) is 3.19. The summed E-state index contributed by atoms with van der Waals surface area (Å²) in [4.78, 5) is 6.65. The minimum Gasteiger partial charge on any atom is -0.362 e. The lowest BCUT2D eigenvalue weighted by Crippen LogP contribution is -2.34. The summed E-state index contributed by atoms with van der Waals surface area (Å²) in [5.74, 6) is 0.869. The number of benzene rings is 1. The number of imidazole rings is 1. The number of rotatable bonds is 3. The summed E-state index contributed by atoms with van der Waals surface area (Å²) in [6.07, 6.45) is 3.84. The Balaban J connectivity index is 1.95. The second-order valence-corrected chi connectivity index (χ2v) is 5.17. The fourth-order valence-electron chi connectivity index (χ4n) is 2.69. The molecule has 20 heavy (non-hydrogen) atoms. The Morgan fingerprint density at radius 2 is 2.20 bits per heavy atom. The molecule has 1 aromatic heterocycles. The molecular weight excluding hydrogens is 255 g/mol. The number of fused-ring (bicyclic) bond motifs is 1. The van der Waals surface area contributed by atoms with Crippen LogP contribution in [0.4, 0.5) is 10.1 Å². The molecular formula is C15H19FN4. The highest BCUT2D eigenvalue weighted by molar-refractivity contribution is 5.55. The van der Waals surface area contributed by atoms with E-state index in [9.17, 15) is 4.39 Å². The predicted molar refractivity (Wildman–Crippen MR) is 77.2 cm³/mol. The van der Waals surface area contributed by atoms with Gasteiger partial charge in [-0.3, -0.25) is 0 Å². The van der Waals surface area contributed by atoms with Crippen molar-refractivity contribution in [1.29, 1.82) is 0 Å². The smallest absolute Gasteiger partial charge is 0.128 e. The minimum atomic E-state index is -0.190. The van der Waals surface area contributed by atoms with Crippen LogP contribution in [0.25, 0.3) is 0 Å². The zero-order valence-corrected chi connectivity index (χ0v) is 11.8. The van der Waals surface area contributed by atoms with Crippen molar-refractivity contribution in [3.63, 3.8) is 0 Å². The van der Waals surface area contributed by atoms with Gasteiger partial charge in [-0.05, 0) is 37.7 Å². The van der Waals surface area contributed by atoms with Crippen LogP contribution in [-0.4, -0.2) is 23.1 Å². The Morgan fingerprint density at radius 1 is 1.35 bits per heavy atom. The van der Waals surface area contributed by atoms with E-state index in [4.69, 9.17) is 0 Å². The van der Waals surface area contributed by atoms with Gasteiger partial charge in [-0.2, -0.15) is 0 Å². The topological polar surface area (TPSA) is 33.1 Å². The van der Waals surface area contributed by atoms with Crippen LogP contribution in [0.5, 0.6) is 0 Å². The second-order valence-electron chi connectivity index (χ2n) is 5.17. The lowest BCUT2D eigenvalue weighted by atomic mass is 10.0. The van der Waals surface area contributed by atoms with E-state index in [0.717, 1.165) is 36.7 Å². The van der Waals surface area contributed by atoms with Gasteiger partial charge >= 0.3 is 0 Å². The molecule has 1 aromatic carbocycles. The largest absolute Gasteiger partial charge is 0.362 e. The van der Waals surface area contributed by atoms with Crippen LogP contribution in [0.3, 0.4) is 0 Å². The Hall–Kier alpha value is -1.88. The van der Waals surface area contributed by atoms with Gasteiger partial charge in [0, 0.05) is 37.2 Å². The van der Waals surface area contributed by atoms with Gasteiger partial charge in [0.1, 0.15) is 11.6 Å². The standard InChI is InChI=1S/C15H19FN4/c1-11(17-2)13-9-12(16)3-4-14(13)20-8-7-19-6-5-18-15(19)10-20/h3-6,9,11,17H,7-8,10H2,1-2H3. The molecule has 0 aliphatic carbocycles. The first kappa shape index (κ1) is 13.1. The molecule has 1 unspecified atom stereocenters. The third-order valence-corrected chi connectivity index (χ3v) is 3.97. The third kappa shape index (κ3) is 2.29. The molecule has 106 valence electrons. The number of nitrogens with one attached hydrogen (secondary N) is 1. The van der Waals surface area contributed by atoms with Gasteiger partial charge < -0.3 is 14.8 Å². The first-order chi connectivity index (χ1) is 9.69. The summed E-state index contributed by atoms with van der Waals surface area (Å²) in [7, 11) is 1.89. The van der Waals surface area contributed by atoms with Crippen molar-refractivity contribution in [2.24, 2.45) is 0 Å². The highest BCUT2D eigenvalue weighted by atomic mass is 19.1. The molecule has 0 saturated heterocycles. The molecule has 1 N–H and O–H groups in total. The molecule has 0 radical (unpaired) electrons. The van der Waals surface area contributed by atoms with E-state index in [1.165, 1.54) is 6.07 Å². The third-order valence-electron chi connectivity index (χ3n) is 3.97. The molecule has 2 aromatic rings. The SMILES string of the molecule is CNC(C)c1cc(F)ccc1N1CCn2ccnc2C1. The van der Waals surface area contributed by atoms with Crippen molar-refractivity contribution in [2.75, 3.05) is 18.5 Å². The second kappa shape index (κ2) is 5.25. The van der Waals surface area contributed by atoms with Crippen LogP contribution >= 0.6 is 0 Å². The molecule has 0 amide bonds. The van der Waals surface area contributed by atoms with Crippen molar-refractivity contribution in [2.45, 2.75) is 26.1 Å². The fourth-order valence-corrected chi connectivity index (χ4v) is 2.69. The average molecular weight is 274 g/mol. The monoisotopic (exact) mass is 274 g/mol. The molecule has 5 heteroatoms. The molecule has 1 atom stereocenters. The average Bonchev–Trinajstić information content (AvgIpc) is 2.93. The van der Waals surface area contributed by atoms with Crippen LogP contribution in [0.1, 0.15) is 24.4 Å². The summed E-state index contributed by atoms with van der Waals surface area (Å²) in [5.41, 5.74) is 2.08. The van der Waals surface area contributed by atoms with Gasteiger partial charge in [0.25, 0.3) is 0 Å². The van der Waals surface area contributed by atoms with Gasteiger partial charge in [-0.15, -0.1) is 0 Å². The predicted octanol–water partition coefficient (Wildman–Crippen LogP) is 2.32.